The van der Waals surface area contributed by atoms with Gasteiger partial charge in [-0.1, -0.05) is 17.8 Å². The number of aliphatic carboxylic acids is 1. The minimum Gasteiger partial charge on any atom is -0.478 e. The maximum absolute atomic E-state index is 10.1. The highest BCUT2D eigenvalue weighted by molar-refractivity contribution is 7.99. The zero-order valence-electron chi connectivity index (χ0n) is 6.62. The summed E-state index contributed by atoms with van der Waals surface area (Å²) >= 11 is 1.31. The highest BCUT2D eigenvalue weighted by Gasteiger charge is 1.99. The Morgan fingerprint density at radius 3 is 3.15 bits per heavy atom. The molecule has 1 aromatic rings. The van der Waals surface area contributed by atoms with E-state index >= 15 is 0 Å². The Bertz CT molecular complexity index is 322. The lowest BCUT2D eigenvalue weighted by Crippen LogP contribution is -2.07. The van der Waals surface area contributed by atoms with Crippen LogP contribution < -0.4 is 5.84 Å². The second-order valence-electron chi connectivity index (χ2n) is 2.07. The number of nitrogens with zero attached hydrogens (tertiary/aromatic N) is 3. The highest BCUT2D eigenvalue weighted by atomic mass is 32.2. The van der Waals surface area contributed by atoms with Gasteiger partial charge in [0.25, 0.3) is 0 Å². The number of nitrogen functional groups attached to an aromatic ring is 1. The van der Waals surface area contributed by atoms with E-state index in [-0.39, 0.29) is 0 Å². The van der Waals surface area contributed by atoms with Gasteiger partial charge in [0, 0.05) is 11.8 Å². The average molecular weight is 200 g/mol. The third kappa shape index (κ3) is 3.16. The number of carboxylic acids is 1. The first-order valence-corrected chi connectivity index (χ1v) is 4.36. The van der Waals surface area contributed by atoms with Crippen LogP contribution in [0.25, 0.3) is 0 Å². The normalized spacial score (nSPS) is 10.8. The Hall–Kier alpha value is -1.50. The van der Waals surface area contributed by atoms with Gasteiger partial charge in [-0.3, -0.25) is 0 Å². The van der Waals surface area contributed by atoms with Crippen LogP contribution in [-0.4, -0.2) is 31.7 Å². The molecule has 0 aliphatic carbocycles. The molecule has 0 spiro atoms. The molecule has 0 aliphatic heterocycles. The number of hydrogen-bond acceptors (Lipinski definition) is 5. The molecule has 13 heavy (non-hydrogen) atoms. The van der Waals surface area contributed by atoms with Gasteiger partial charge < -0.3 is 10.9 Å². The van der Waals surface area contributed by atoms with Crippen LogP contribution in [0.1, 0.15) is 0 Å². The van der Waals surface area contributed by atoms with Gasteiger partial charge in [0.15, 0.2) is 0 Å². The van der Waals surface area contributed by atoms with E-state index in [0.29, 0.717) is 10.9 Å². The molecular formula is C6H8N4O2S. The summed E-state index contributed by atoms with van der Waals surface area (Å²) in [6.45, 7) is 0. The minimum atomic E-state index is -0.963. The lowest BCUT2D eigenvalue weighted by Gasteiger charge is -1.94. The van der Waals surface area contributed by atoms with E-state index < -0.39 is 5.97 Å². The molecule has 0 saturated carbocycles. The molecule has 0 aromatic carbocycles. The Morgan fingerprint density at radius 1 is 1.85 bits per heavy atom. The Morgan fingerprint density at radius 2 is 2.62 bits per heavy atom. The summed E-state index contributed by atoms with van der Waals surface area (Å²) in [5, 5.41) is 16.1. The number of carboxylic acid groups (broad SMARTS) is 1. The van der Waals surface area contributed by atoms with E-state index in [1.54, 1.807) is 0 Å². The monoisotopic (exact) mass is 200 g/mol. The molecule has 7 heteroatoms. The van der Waals surface area contributed by atoms with E-state index in [4.69, 9.17) is 10.9 Å². The Kier molecular flexibility index (Phi) is 3.32. The van der Waals surface area contributed by atoms with Crippen molar-refractivity contribution in [2.45, 2.75) is 5.16 Å². The maximum atomic E-state index is 10.1. The van der Waals surface area contributed by atoms with Gasteiger partial charge in [-0.15, -0.1) is 10.2 Å². The van der Waals surface area contributed by atoms with E-state index in [1.807, 2.05) is 0 Å². The summed E-state index contributed by atoms with van der Waals surface area (Å²) in [4.78, 5) is 10.1. The summed E-state index contributed by atoms with van der Waals surface area (Å²) in [6.07, 6.45) is 3.97. The first-order valence-electron chi connectivity index (χ1n) is 3.37. The first kappa shape index (κ1) is 9.59. The maximum Gasteiger partial charge on any atom is 0.328 e. The van der Waals surface area contributed by atoms with Crippen molar-refractivity contribution in [1.82, 2.24) is 14.9 Å². The molecular weight excluding hydrogens is 192 g/mol. The summed E-state index contributed by atoms with van der Waals surface area (Å²) in [5.74, 6) is 4.95. The molecule has 0 saturated heterocycles. The van der Waals surface area contributed by atoms with Crippen LogP contribution >= 0.6 is 11.8 Å². The molecule has 0 radical (unpaired) electrons. The fraction of sp³-hybridized carbons (Fsp3) is 0.167. The lowest BCUT2D eigenvalue weighted by molar-refractivity contribution is -0.131. The number of nitrogens with two attached hydrogens (primary N) is 1. The number of rotatable bonds is 4. The number of aromatic nitrogens is 3. The molecule has 0 amide bonds. The van der Waals surface area contributed by atoms with Gasteiger partial charge in [0.05, 0.1) is 0 Å². The Labute approximate surface area is 78.4 Å². The van der Waals surface area contributed by atoms with Crippen molar-refractivity contribution in [1.29, 1.82) is 0 Å². The van der Waals surface area contributed by atoms with E-state index in [9.17, 15) is 4.79 Å². The molecule has 0 unspecified atom stereocenters. The van der Waals surface area contributed by atoms with Crippen molar-refractivity contribution in [2.24, 2.45) is 0 Å². The fourth-order valence-corrected chi connectivity index (χ4v) is 1.25. The number of thioether (sulfide) groups is 1. The molecule has 0 aliphatic rings. The zero-order valence-corrected chi connectivity index (χ0v) is 7.44. The highest BCUT2D eigenvalue weighted by Crippen LogP contribution is 2.11. The lowest BCUT2D eigenvalue weighted by atomic mass is 10.5. The third-order valence-electron chi connectivity index (χ3n) is 1.11. The van der Waals surface area contributed by atoms with Crippen molar-refractivity contribution in [3.05, 3.63) is 18.5 Å². The van der Waals surface area contributed by atoms with Crippen molar-refractivity contribution in [2.75, 3.05) is 11.6 Å². The minimum absolute atomic E-state index is 0.502. The number of carbonyl (C=O) groups is 1. The van der Waals surface area contributed by atoms with Gasteiger partial charge in [-0.2, -0.15) is 0 Å². The summed E-state index contributed by atoms with van der Waals surface area (Å²) in [7, 11) is 0. The third-order valence-corrected chi connectivity index (χ3v) is 2.02. The van der Waals surface area contributed by atoms with Crippen molar-refractivity contribution < 1.29 is 9.90 Å². The Balaban J connectivity index is 2.36. The number of hydrogen-bond donors (Lipinski definition) is 2. The van der Waals surface area contributed by atoms with E-state index in [1.165, 1.54) is 28.8 Å². The molecule has 1 rings (SSSR count). The summed E-state index contributed by atoms with van der Waals surface area (Å²) in [6, 6.07) is 0. The molecule has 6 nitrogen and oxygen atoms in total. The second kappa shape index (κ2) is 4.51. The largest absolute Gasteiger partial charge is 0.478 e. The first-order chi connectivity index (χ1) is 6.20. The van der Waals surface area contributed by atoms with Crippen molar-refractivity contribution in [3.8, 4) is 0 Å². The molecule has 0 fully saturated rings. The quantitative estimate of drug-likeness (QED) is 0.394. The van der Waals surface area contributed by atoms with Gasteiger partial charge in [0.1, 0.15) is 6.33 Å². The van der Waals surface area contributed by atoms with Crippen molar-refractivity contribution >= 4 is 17.7 Å². The molecule has 3 N–H and O–H groups in total. The van der Waals surface area contributed by atoms with Crippen LogP contribution in [0.5, 0.6) is 0 Å². The van der Waals surface area contributed by atoms with Gasteiger partial charge >= 0.3 is 5.97 Å². The topological polar surface area (TPSA) is 94.0 Å². The van der Waals surface area contributed by atoms with E-state index in [2.05, 4.69) is 10.2 Å². The van der Waals surface area contributed by atoms with Crippen LogP contribution in [0, 0.1) is 0 Å². The standard InChI is InChI=1S/C6H8N4O2S/c7-10-4-8-9-6(10)13-3-1-2-5(11)12/h1-2,4H,3,7H2,(H,11,12). The van der Waals surface area contributed by atoms with E-state index in [0.717, 1.165) is 6.08 Å². The SMILES string of the molecule is Nn1cnnc1SCC=CC(=O)O. The molecule has 70 valence electrons. The summed E-state index contributed by atoms with van der Waals surface area (Å²) in [5.41, 5.74) is 0. The van der Waals surface area contributed by atoms with Gasteiger partial charge in [0.2, 0.25) is 5.16 Å². The smallest absolute Gasteiger partial charge is 0.328 e. The van der Waals surface area contributed by atoms with Gasteiger partial charge in [-0.25, -0.2) is 9.47 Å². The van der Waals surface area contributed by atoms with Crippen LogP contribution in [0.3, 0.4) is 0 Å². The summed E-state index contributed by atoms with van der Waals surface area (Å²) < 4.78 is 1.28. The van der Waals surface area contributed by atoms with Crippen molar-refractivity contribution in [3.63, 3.8) is 0 Å². The van der Waals surface area contributed by atoms with Crippen LogP contribution in [0.15, 0.2) is 23.6 Å². The predicted molar refractivity (Wildman–Crippen MR) is 47.7 cm³/mol. The average Bonchev–Trinajstić information content (AvgIpc) is 2.45. The predicted octanol–water partition coefficient (Wildman–Crippen LogP) is -0.275. The molecule has 1 aromatic heterocycles. The molecule has 0 atom stereocenters. The zero-order chi connectivity index (χ0) is 9.68. The van der Waals surface area contributed by atoms with Crippen LogP contribution in [0.2, 0.25) is 0 Å². The molecule has 1 heterocycles. The van der Waals surface area contributed by atoms with Crippen LogP contribution in [0.4, 0.5) is 0 Å². The fourth-order valence-electron chi connectivity index (χ4n) is 0.607. The van der Waals surface area contributed by atoms with Gasteiger partial charge in [-0.05, 0) is 0 Å². The molecule has 0 bridgehead atoms. The second-order valence-corrected chi connectivity index (χ2v) is 3.06. The van der Waals surface area contributed by atoms with Crippen LogP contribution in [-0.2, 0) is 4.79 Å².